The highest BCUT2D eigenvalue weighted by Crippen LogP contribution is 2.48. The molecule has 1 aromatic heterocycles. The van der Waals surface area contributed by atoms with Gasteiger partial charge < -0.3 is 20.1 Å². The van der Waals surface area contributed by atoms with Gasteiger partial charge in [-0.25, -0.2) is 22.6 Å². The first-order valence-corrected chi connectivity index (χ1v) is 17.9. The van der Waals surface area contributed by atoms with Gasteiger partial charge in [-0.05, 0) is 74.6 Å². The van der Waals surface area contributed by atoms with Gasteiger partial charge in [-0.2, -0.15) is 13.2 Å². The van der Waals surface area contributed by atoms with Crippen LogP contribution in [0.2, 0.25) is 0 Å². The van der Waals surface area contributed by atoms with Gasteiger partial charge in [0, 0.05) is 30.6 Å². The molecule has 21 heteroatoms. The lowest BCUT2D eigenvalue weighted by Gasteiger charge is -2.47. The van der Waals surface area contributed by atoms with Crippen molar-refractivity contribution < 1.29 is 55.4 Å². The second-order valence-electron chi connectivity index (χ2n) is 13.6. The van der Waals surface area contributed by atoms with Crippen molar-refractivity contribution in [2.75, 3.05) is 6.61 Å². The van der Waals surface area contributed by atoms with Crippen LogP contribution >= 0.6 is 0 Å². The molecule has 0 radical (unpaired) electrons. The first-order chi connectivity index (χ1) is 24.2. The zero-order chi connectivity index (χ0) is 38.6. The van der Waals surface area contributed by atoms with Gasteiger partial charge in [0.05, 0.1) is 25.6 Å². The predicted octanol–water partition coefficient (Wildman–Crippen LogP) is 1.49. The van der Waals surface area contributed by atoms with Gasteiger partial charge in [0.15, 0.2) is 5.82 Å². The molecule has 17 nitrogen and oxygen atoms in total. The molecule has 1 saturated heterocycles. The Hall–Kier alpha value is -4.50. The van der Waals surface area contributed by atoms with Gasteiger partial charge in [-0.1, -0.05) is 18.6 Å². The van der Waals surface area contributed by atoms with E-state index in [9.17, 15) is 40.8 Å². The molecule has 52 heavy (non-hydrogen) atoms. The Morgan fingerprint density at radius 1 is 1.17 bits per heavy atom. The van der Waals surface area contributed by atoms with E-state index in [2.05, 4.69) is 30.9 Å². The molecule has 1 aromatic carbocycles. The lowest BCUT2D eigenvalue weighted by molar-refractivity contribution is -0.192. The summed E-state index contributed by atoms with van der Waals surface area (Å²) in [5, 5.41) is 25.0. The van der Waals surface area contributed by atoms with Crippen molar-refractivity contribution in [3.63, 3.8) is 0 Å². The van der Waals surface area contributed by atoms with Crippen LogP contribution in [0.3, 0.4) is 0 Å². The summed E-state index contributed by atoms with van der Waals surface area (Å²) < 4.78 is 67.8. The van der Waals surface area contributed by atoms with Crippen molar-refractivity contribution in [2.24, 2.45) is 0 Å². The van der Waals surface area contributed by atoms with Crippen LogP contribution < -0.4 is 15.4 Å². The Morgan fingerprint density at radius 3 is 2.40 bits per heavy atom. The summed E-state index contributed by atoms with van der Waals surface area (Å²) in [7, 11) is -3.90. The number of rotatable bonds is 12. The summed E-state index contributed by atoms with van der Waals surface area (Å²) in [4.78, 5) is 59.7. The average molecular weight is 759 g/mol. The molecule has 2 atom stereocenters. The second-order valence-corrected chi connectivity index (χ2v) is 15.6. The Labute approximate surface area is 297 Å². The van der Waals surface area contributed by atoms with E-state index in [1.165, 1.54) is 9.58 Å². The van der Waals surface area contributed by atoms with Crippen molar-refractivity contribution in [3.05, 3.63) is 40.7 Å². The number of imide groups is 1. The minimum atomic E-state index is -5.08. The van der Waals surface area contributed by atoms with Crippen LogP contribution in [-0.2, 0) is 53.6 Å². The van der Waals surface area contributed by atoms with Gasteiger partial charge in [0.1, 0.15) is 10.8 Å². The molecule has 2 aromatic rings. The normalized spacial score (nSPS) is 19.2. The minimum Gasteiger partial charge on any atom is -0.475 e. The first kappa shape index (κ1) is 40.3. The number of benzene rings is 1. The third kappa shape index (κ3) is 9.10. The molecular weight excluding hydrogens is 717 g/mol. The summed E-state index contributed by atoms with van der Waals surface area (Å²) in [5.41, 5.74) is 1.29. The molecule has 2 aliphatic heterocycles. The Bertz CT molecular complexity index is 1810. The summed E-state index contributed by atoms with van der Waals surface area (Å²) in [6.07, 6.45) is -3.18. The molecule has 3 amide bonds. The molecule has 3 aliphatic rings. The number of halogens is 3. The van der Waals surface area contributed by atoms with Crippen LogP contribution in [-0.4, -0.2) is 97.4 Å². The van der Waals surface area contributed by atoms with E-state index in [1.54, 1.807) is 39.8 Å². The SMILES string of the molecule is CCOC(=O)CCn1nnnc1C(NCc1ccc2c(c1)CN(C1CCC(=O)NC1=O)C2=O)C1(S(=O)(=O)NC(C)(C)C)CCC1.O=C(O)C(F)(F)F. The lowest BCUT2D eigenvalue weighted by Crippen LogP contribution is -2.61. The number of carbonyl (C=O) groups excluding carboxylic acids is 4. The number of carboxylic acids is 1. The number of nitrogens with zero attached hydrogens (tertiary/aromatic N) is 5. The van der Waals surface area contributed by atoms with Crippen molar-refractivity contribution in [3.8, 4) is 0 Å². The lowest BCUT2D eigenvalue weighted by atomic mass is 9.78. The highest BCUT2D eigenvalue weighted by Gasteiger charge is 2.57. The fourth-order valence-corrected chi connectivity index (χ4v) is 8.56. The smallest absolute Gasteiger partial charge is 0.475 e. The zero-order valence-electron chi connectivity index (χ0n) is 28.9. The number of ether oxygens (including phenoxy) is 1. The van der Waals surface area contributed by atoms with Crippen molar-refractivity contribution in [1.29, 1.82) is 0 Å². The number of nitrogens with one attached hydrogen (secondary N) is 3. The number of sulfonamides is 1. The van der Waals surface area contributed by atoms with E-state index in [4.69, 9.17) is 14.6 Å². The Morgan fingerprint density at radius 2 is 1.85 bits per heavy atom. The Kier molecular flexibility index (Phi) is 12.1. The van der Waals surface area contributed by atoms with E-state index in [0.717, 1.165) is 11.1 Å². The fraction of sp³-hybridized carbons (Fsp3) is 0.613. The highest BCUT2D eigenvalue weighted by molar-refractivity contribution is 7.91. The van der Waals surface area contributed by atoms with E-state index in [0.29, 0.717) is 30.7 Å². The number of carbonyl (C=O) groups is 5. The third-order valence-electron chi connectivity index (χ3n) is 8.69. The van der Waals surface area contributed by atoms with E-state index in [1.807, 2.05) is 6.07 Å². The minimum absolute atomic E-state index is 0.0150. The summed E-state index contributed by atoms with van der Waals surface area (Å²) in [5.74, 6) is -3.98. The number of alkyl halides is 3. The maximum Gasteiger partial charge on any atom is 0.490 e. The number of aryl methyl sites for hydroxylation is 1. The van der Waals surface area contributed by atoms with Gasteiger partial charge in [-0.3, -0.25) is 24.5 Å². The van der Waals surface area contributed by atoms with Gasteiger partial charge in [-0.15, -0.1) is 5.10 Å². The summed E-state index contributed by atoms with van der Waals surface area (Å²) >= 11 is 0. The van der Waals surface area contributed by atoms with E-state index < -0.39 is 56.4 Å². The molecular formula is C31H41F3N8O9S. The number of tetrazole rings is 1. The number of fused-ring (bicyclic) bond motifs is 1. The zero-order valence-corrected chi connectivity index (χ0v) is 29.8. The quantitative estimate of drug-likeness (QED) is 0.178. The molecule has 3 heterocycles. The maximum atomic E-state index is 14.0. The topological polar surface area (TPSA) is 232 Å². The molecule has 2 fully saturated rings. The predicted molar refractivity (Wildman–Crippen MR) is 173 cm³/mol. The molecule has 2 unspecified atom stereocenters. The van der Waals surface area contributed by atoms with Crippen molar-refractivity contribution >= 4 is 39.7 Å². The molecule has 0 spiro atoms. The standard InChI is InChI=1S/C29H40N8O7S.C2HF3O2/c1-5-44-23(39)11-14-37-25(32-34-35-37)24(29(12-6-13-29)45(42,43)33-28(2,3)4)30-16-18-7-8-20-19(15-18)17-36(27(20)41)21-9-10-22(38)31-26(21)40;3-2(4,5)1(6)7/h7-8,15,21,24,30,33H,5-6,9-14,16-17H2,1-4H3,(H,31,38,40);(H,6,7). The average Bonchev–Trinajstić information content (AvgIpc) is 3.59. The molecule has 4 N–H and O–H groups in total. The van der Waals surface area contributed by atoms with Crippen LogP contribution in [0.5, 0.6) is 0 Å². The van der Waals surface area contributed by atoms with Crippen LogP contribution in [0.4, 0.5) is 13.2 Å². The molecule has 1 aliphatic carbocycles. The molecule has 286 valence electrons. The van der Waals surface area contributed by atoms with Crippen LogP contribution in [0.1, 0.15) is 99.6 Å². The Balaban J connectivity index is 0.000000785. The van der Waals surface area contributed by atoms with Crippen LogP contribution in [0.15, 0.2) is 18.2 Å². The third-order valence-corrected chi connectivity index (χ3v) is 11.3. The number of esters is 1. The number of aromatic nitrogens is 4. The monoisotopic (exact) mass is 758 g/mol. The number of amides is 3. The van der Waals surface area contributed by atoms with Gasteiger partial charge in [0.2, 0.25) is 21.8 Å². The molecule has 1 saturated carbocycles. The van der Waals surface area contributed by atoms with Crippen molar-refractivity contribution in [1.82, 2.24) is 40.5 Å². The van der Waals surface area contributed by atoms with E-state index >= 15 is 0 Å². The second kappa shape index (κ2) is 15.6. The van der Waals surface area contributed by atoms with Gasteiger partial charge >= 0.3 is 18.1 Å². The largest absolute Gasteiger partial charge is 0.490 e. The number of hydrogen-bond acceptors (Lipinski definition) is 12. The summed E-state index contributed by atoms with van der Waals surface area (Å²) in [6.45, 7) is 7.86. The highest BCUT2D eigenvalue weighted by atomic mass is 32.2. The fourth-order valence-electron chi connectivity index (χ4n) is 6.22. The number of aliphatic carboxylic acids is 1. The molecule has 0 bridgehead atoms. The summed E-state index contributed by atoms with van der Waals surface area (Å²) in [6, 6.07) is 3.80. The maximum absolute atomic E-state index is 14.0. The van der Waals surface area contributed by atoms with Gasteiger partial charge in [0.25, 0.3) is 5.91 Å². The number of hydrogen-bond donors (Lipinski definition) is 4. The van der Waals surface area contributed by atoms with Crippen molar-refractivity contribution in [2.45, 2.75) is 114 Å². The van der Waals surface area contributed by atoms with Crippen LogP contribution in [0.25, 0.3) is 0 Å². The molecule has 5 rings (SSSR count). The van der Waals surface area contributed by atoms with E-state index in [-0.39, 0.29) is 57.3 Å². The van der Waals surface area contributed by atoms with Crippen LogP contribution in [0, 0.1) is 0 Å². The number of piperidine rings is 1. The first-order valence-electron chi connectivity index (χ1n) is 16.4. The number of carboxylic acid groups (broad SMARTS) is 1.